The molecule has 0 radical (unpaired) electrons. The summed E-state index contributed by atoms with van der Waals surface area (Å²) in [4.78, 5) is 0. The lowest BCUT2D eigenvalue weighted by Gasteiger charge is -2.14. The summed E-state index contributed by atoms with van der Waals surface area (Å²) in [6.07, 6.45) is 3.47. The zero-order chi connectivity index (χ0) is 14.1. The maximum Gasteiger partial charge on any atom is 0.186 e. The van der Waals surface area contributed by atoms with Gasteiger partial charge >= 0.3 is 0 Å². The molecule has 1 aromatic carbocycles. The van der Waals surface area contributed by atoms with Crippen LogP contribution in [0.1, 0.15) is 32.2 Å². The lowest BCUT2D eigenvalue weighted by atomic mass is 10.1. The fraction of sp³-hybridized carbons (Fsp3) is 0.500. The molecule has 2 aromatic rings. The first-order valence-corrected chi connectivity index (χ1v) is 6.90. The highest BCUT2D eigenvalue weighted by molar-refractivity contribution is 5.67. The lowest BCUT2D eigenvalue weighted by molar-refractivity contribution is 0.413. The molecule has 0 aliphatic heterocycles. The summed E-state index contributed by atoms with van der Waals surface area (Å²) in [5, 5.41) is 12.2. The summed E-state index contributed by atoms with van der Waals surface area (Å²) in [6, 6.07) is 5.92. The largest absolute Gasteiger partial charge is 0.496 e. The molecule has 2 N–H and O–H groups in total. The highest BCUT2D eigenvalue weighted by Gasteiger charge is 2.27. The highest BCUT2D eigenvalue weighted by Crippen LogP contribution is 2.37. The maximum absolute atomic E-state index is 5.80. The fourth-order valence-electron chi connectivity index (χ4n) is 2.91. The zero-order valence-corrected chi connectivity index (χ0v) is 11.8. The average molecular weight is 273 g/mol. The fourth-order valence-corrected chi connectivity index (χ4v) is 2.91. The Morgan fingerprint density at radius 1 is 1.35 bits per heavy atom. The number of anilines is 1. The number of rotatable bonds is 3. The van der Waals surface area contributed by atoms with Crippen molar-refractivity contribution >= 4 is 5.69 Å². The Morgan fingerprint density at radius 3 is 2.90 bits per heavy atom. The van der Waals surface area contributed by atoms with Crippen LogP contribution in [0.3, 0.4) is 0 Å². The second kappa shape index (κ2) is 5.11. The average Bonchev–Trinajstić information content (AvgIpc) is 3.06. The lowest BCUT2D eigenvalue weighted by Crippen LogP contribution is -2.10. The normalized spacial score (nSPS) is 22.1. The summed E-state index contributed by atoms with van der Waals surface area (Å²) in [5.41, 5.74) is 7.34. The summed E-state index contributed by atoms with van der Waals surface area (Å²) in [6.45, 7) is 2.27. The molecular weight excluding hydrogens is 254 g/mol. The molecule has 0 spiro atoms. The van der Waals surface area contributed by atoms with Gasteiger partial charge in [0, 0.05) is 11.8 Å². The van der Waals surface area contributed by atoms with E-state index in [1.807, 2.05) is 16.8 Å². The standard InChI is InChI=1S/C14H19N5O/c1-9-3-5-11(7-9)19-14(16-17-18-19)12-6-4-10(15)8-13(12)20-2/h4,6,8-9,11H,3,5,7,15H2,1-2H3. The summed E-state index contributed by atoms with van der Waals surface area (Å²) < 4.78 is 7.33. The molecule has 6 nitrogen and oxygen atoms in total. The molecule has 1 fully saturated rings. The smallest absolute Gasteiger partial charge is 0.186 e. The number of aromatic nitrogens is 4. The topological polar surface area (TPSA) is 78.8 Å². The summed E-state index contributed by atoms with van der Waals surface area (Å²) in [5.74, 6) is 2.18. The van der Waals surface area contributed by atoms with Gasteiger partial charge in [0.2, 0.25) is 0 Å². The van der Waals surface area contributed by atoms with Crippen molar-refractivity contribution < 1.29 is 4.74 Å². The van der Waals surface area contributed by atoms with Gasteiger partial charge in [0.05, 0.1) is 18.7 Å². The van der Waals surface area contributed by atoms with Crippen molar-refractivity contribution in [2.24, 2.45) is 5.92 Å². The predicted octanol–water partition coefficient (Wildman–Crippen LogP) is 2.29. The van der Waals surface area contributed by atoms with Gasteiger partial charge in [0.15, 0.2) is 5.82 Å². The molecule has 1 aliphatic rings. The molecule has 0 bridgehead atoms. The van der Waals surface area contributed by atoms with E-state index in [-0.39, 0.29) is 0 Å². The molecule has 1 aromatic heterocycles. The predicted molar refractivity (Wildman–Crippen MR) is 76.3 cm³/mol. The minimum Gasteiger partial charge on any atom is -0.496 e. The minimum absolute atomic E-state index is 0.372. The van der Waals surface area contributed by atoms with E-state index in [0.717, 1.165) is 30.1 Å². The van der Waals surface area contributed by atoms with E-state index in [1.54, 1.807) is 13.2 Å². The quantitative estimate of drug-likeness (QED) is 0.868. The molecule has 0 amide bonds. The molecule has 3 rings (SSSR count). The Morgan fingerprint density at radius 2 is 2.20 bits per heavy atom. The summed E-state index contributed by atoms with van der Waals surface area (Å²) in [7, 11) is 1.63. The number of hydrogen-bond donors (Lipinski definition) is 1. The molecule has 1 aliphatic carbocycles. The molecule has 2 atom stereocenters. The van der Waals surface area contributed by atoms with Crippen molar-refractivity contribution in [3.05, 3.63) is 18.2 Å². The van der Waals surface area contributed by atoms with Crippen molar-refractivity contribution in [1.82, 2.24) is 20.2 Å². The van der Waals surface area contributed by atoms with Crippen LogP contribution in [0.25, 0.3) is 11.4 Å². The Balaban J connectivity index is 2.01. The minimum atomic E-state index is 0.372. The molecule has 1 heterocycles. The van der Waals surface area contributed by atoms with Gasteiger partial charge in [0.25, 0.3) is 0 Å². The maximum atomic E-state index is 5.80. The van der Waals surface area contributed by atoms with E-state index in [9.17, 15) is 0 Å². The number of nitrogens with zero attached hydrogens (tertiary/aromatic N) is 4. The molecule has 20 heavy (non-hydrogen) atoms. The van der Waals surface area contributed by atoms with Gasteiger partial charge in [0.1, 0.15) is 5.75 Å². The first-order valence-electron chi connectivity index (χ1n) is 6.90. The summed E-state index contributed by atoms with van der Waals surface area (Å²) >= 11 is 0. The van der Waals surface area contributed by atoms with Crippen LogP contribution in [0.4, 0.5) is 5.69 Å². The van der Waals surface area contributed by atoms with E-state index in [2.05, 4.69) is 22.4 Å². The van der Waals surface area contributed by atoms with Crippen molar-refractivity contribution in [1.29, 1.82) is 0 Å². The van der Waals surface area contributed by atoms with Crippen LogP contribution in [0.2, 0.25) is 0 Å². The zero-order valence-electron chi connectivity index (χ0n) is 11.8. The van der Waals surface area contributed by atoms with Crippen LogP contribution >= 0.6 is 0 Å². The third-order valence-electron chi connectivity index (χ3n) is 3.97. The Hall–Kier alpha value is -2.11. The molecule has 0 saturated heterocycles. The Labute approximate surface area is 117 Å². The number of nitrogens with two attached hydrogens (primary N) is 1. The van der Waals surface area contributed by atoms with Gasteiger partial charge < -0.3 is 10.5 Å². The third kappa shape index (κ3) is 2.21. The van der Waals surface area contributed by atoms with E-state index < -0.39 is 0 Å². The van der Waals surface area contributed by atoms with Crippen LogP contribution in [0, 0.1) is 5.92 Å². The van der Waals surface area contributed by atoms with E-state index in [0.29, 0.717) is 17.5 Å². The SMILES string of the molecule is COc1cc(N)ccc1-c1nnnn1C1CCC(C)C1. The molecule has 6 heteroatoms. The monoisotopic (exact) mass is 273 g/mol. The number of hydrogen-bond acceptors (Lipinski definition) is 5. The van der Waals surface area contributed by atoms with E-state index in [1.165, 1.54) is 6.42 Å². The number of nitrogen functional groups attached to an aromatic ring is 1. The van der Waals surface area contributed by atoms with Crippen LogP contribution in [0.15, 0.2) is 18.2 Å². The second-order valence-electron chi connectivity index (χ2n) is 5.48. The van der Waals surface area contributed by atoms with Crippen LogP contribution in [0.5, 0.6) is 5.75 Å². The number of tetrazole rings is 1. The molecule has 1 saturated carbocycles. The van der Waals surface area contributed by atoms with E-state index in [4.69, 9.17) is 10.5 Å². The third-order valence-corrected chi connectivity index (χ3v) is 3.97. The van der Waals surface area contributed by atoms with Crippen molar-refractivity contribution in [3.8, 4) is 17.1 Å². The van der Waals surface area contributed by atoms with Gasteiger partial charge in [-0.1, -0.05) is 6.92 Å². The van der Waals surface area contributed by atoms with Gasteiger partial charge in [-0.25, -0.2) is 4.68 Å². The molecule has 106 valence electrons. The van der Waals surface area contributed by atoms with Gasteiger partial charge in [-0.15, -0.1) is 5.10 Å². The number of benzene rings is 1. The van der Waals surface area contributed by atoms with Crippen LogP contribution < -0.4 is 10.5 Å². The van der Waals surface area contributed by atoms with Crippen molar-refractivity contribution in [2.45, 2.75) is 32.2 Å². The number of methoxy groups -OCH3 is 1. The Kier molecular flexibility index (Phi) is 3.30. The number of ether oxygens (including phenoxy) is 1. The second-order valence-corrected chi connectivity index (χ2v) is 5.48. The Bertz CT molecular complexity index is 609. The first-order chi connectivity index (χ1) is 9.69. The van der Waals surface area contributed by atoms with Gasteiger partial charge in [-0.2, -0.15) is 0 Å². The highest BCUT2D eigenvalue weighted by atomic mass is 16.5. The van der Waals surface area contributed by atoms with Crippen molar-refractivity contribution in [2.75, 3.05) is 12.8 Å². The van der Waals surface area contributed by atoms with Crippen LogP contribution in [-0.4, -0.2) is 27.3 Å². The van der Waals surface area contributed by atoms with E-state index >= 15 is 0 Å². The van der Waals surface area contributed by atoms with Crippen LogP contribution in [-0.2, 0) is 0 Å². The van der Waals surface area contributed by atoms with Crippen molar-refractivity contribution in [3.63, 3.8) is 0 Å². The van der Waals surface area contributed by atoms with Gasteiger partial charge in [-0.05, 0) is 47.7 Å². The van der Waals surface area contributed by atoms with Gasteiger partial charge in [-0.3, -0.25) is 0 Å². The molecule has 2 unspecified atom stereocenters. The first kappa shape index (κ1) is 12.9. The molecular formula is C14H19N5O.